The molecule has 2 N–H and O–H groups in total. The van der Waals surface area contributed by atoms with E-state index in [0.717, 1.165) is 6.07 Å². The summed E-state index contributed by atoms with van der Waals surface area (Å²) in [5.74, 6) is -1.75. The molecule has 2 amide bonds. The summed E-state index contributed by atoms with van der Waals surface area (Å²) >= 11 is 11.4. The third-order valence-corrected chi connectivity index (χ3v) is 3.60. The lowest BCUT2D eigenvalue weighted by Crippen LogP contribution is -2.43. The molecule has 0 radical (unpaired) electrons. The maximum atomic E-state index is 11.7. The van der Waals surface area contributed by atoms with E-state index in [2.05, 4.69) is 10.9 Å². The van der Waals surface area contributed by atoms with Crippen molar-refractivity contribution in [3.63, 3.8) is 0 Å². The van der Waals surface area contributed by atoms with Crippen molar-refractivity contribution < 1.29 is 14.5 Å². The fraction of sp³-hybridized carbons (Fsp3) is 0.273. The van der Waals surface area contributed by atoms with Crippen LogP contribution in [0.4, 0.5) is 5.69 Å². The van der Waals surface area contributed by atoms with Gasteiger partial charge in [-0.3, -0.25) is 30.6 Å². The predicted molar refractivity (Wildman–Crippen MR) is 71.2 cm³/mol. The van der Waals surface area contributed by atoms with Gasteiger partial charge in [0.25, 0.3) is 11.6 Å². The van der Waals surface area contributed by atoms with Crippen molar-refractivity contribution >= 4 is 40.7 Å². The maximum Gasteiger partial charge on any atom is 0.270 e. The first kappa shape index (κ1) is 14.5. The normalized spacial score (nSPS) is 19.0. The van der Waals surface area contributed by atoms with Gasteiger partial charge in [0.15, 0.2) is 0 Å². The topological polar surface area (TPSA) is 101 Å². The molecule has 0 aromatic heterocycles. The second kappa shape index (κ2) is 5.26. The number of nitrogens with zero attached hydrogens (tertiary/aromatic N) is 1. The third kappa shape index (κ3) is 3.17. The van der Waals surface area contributed by atoms with E-state index in [1.54, 1.807) is 0 Å². The molecule has 1 saturated carbocycles. The molecule has 2 rings (SSSR count). The van der Waals surface area contributed by atoms with Gasteiger partial charge in [0.1, 0.15) is 4.33 Å². The van der Waals surface area contributed by atoms with Crippen LogP contribution in [0, 0.1) is 16.0 Å². The molecule has 0 saturated heterocycles. The van der Waals surface area contributed by atoms with Crippen molar-refractivity contribution in [1.29, 1.82) is 0 Å². The van der Waals surface area contributed by atoms with Crippen LogP contribution in [0.3, 0.4) is 0 Å². The highest BCUT2D eigenvalue weighted by atomic mass is 35.5. The summed E-state index contributed by atoms with van der Waals surface area (Å²) in [7, 11) is 0. The highest BCUT2D eigenvalue weighted by Crippen LogP contribution is 2.53. The van der Waals surface area contributed by atoms with E-state index in [9.17, 15) is 19.7 Å². The van der Waals surface area contributed by atoms with Gasteiger partial charge in [-0.05, 0) is 12.5 Å². The Morgan fingerprint density at radius 2 is 2.00 bits per heavy atom. The van der Waals surface area contributed by atoms with E-state index in [1.165, 1.54) is 18.2 Å². The van der Waals surface area contributed by atoms with Gasteiger partial charge in [-0.15, -0.1) is 23.2 Å². The SMILES string of the molecule is O=C(NNC(=O)C1CC1(Cl)Cl)c1cccc([N+](=O)[O-])c1. The minimum absolute atomic E-state index is 0.0540. The molecule has 7 nitrogen and oxygen atoms in total. The molecule has 1 aromatic carbocycles. The van der Waals surface area contributed by atoms with Gasteiger partial charge in [0.05, 0.1) is 10.8 Å². The molecule has 1 fully saturated rings. The molecule has 9 heteroatoms. The zero-order valence-electron chi connectivity index (χ0n) is 9.93. The summed E-state index contributed by atoms with van der Waals surface area (Å²) in [4.78, 5) is 33.2. The van der Waals surface area contributed by atoms with Gasteiger partial charge in [-0.25, -0.2) is 0 Å². The molecule has 0 bridgehead atoms. The van der Waals surface area contributed by atoms with Gasteiger partial charge in [0, 0.05) is 17.7 Å². The van der Waals surface area contributed by atoms with Crippen molar-refractivity contribution in [1.82, 2.24) is 10.9 Å². The molecule has 1 aliphatic carbocycles. The van der Waals surface area contributed by atoms with E-state index in [4.69, 9.17) is 23.2 Å². The van der Waals surface area contributed by atoms with Crippen LogP contribution in [0.5, 0.6) is 0 Å². The smallest absolute Gasteiger partial charge is 0.270 e. The Kier molecular flexibility index (Phi) is 3.82. The number of nitro benzene ring substituents is 1. The molecule has 1 atom stereocenters. The van der Waals surface area contributed by atoms with Crippen LogP contribution in [0.15, 0.2) is 24.3 Å². The second-order valence-corrected chi connectivity index (χ2v) is 5.81. The summed E-state index contributed by atoms with van der Waals surface area (Å²) in [5.41, 5.74) is 4.15. The Balaban J connectivity index is 1.94. The average Bonchev–Trinajstić information content (AvgIpc) is 3.05. The Bertz CT molecular complexity index is 591. The molecule has 106 valence electrons. The Hall–Kier alpha value is -1.86. The van der Waals surface area contributed by atoms with Crippen LogP contribution in [-0.2, 0) is 4.79 Å². The number of amides is 2. The van der Waals surface area contributed by atoms with Crippen molar-refractivity contribution in [3.05, 3.63) is 39.9 Å². The summed E-state index contributed by atoms with van der Waals surface area (Å²) in [6, 6.07) is 5.12. The van der Waals surface area contributed by atoms with E-state index < -0.39 is 27.0 Å². The number of rotatable bonds is 3. The fourth-order valence-corrected chi connectivity index (χ4v) is 2.04. The standard InChI is InChI=1S/C11H9Cl2N3O4/c12-11(13)5-8(11)10(18)15-14-9(17)6-2-1-3-7(4-6)16(19)20/h1-4,8H,5H2,(H,14,17)(H,15,18). The summed E-state index contributed by atoms with van der Waals surface area (Å²) in [5, 5.41) is 10.6. The number of hydrogen-bond acceptors (Lipinski definition) is 4. The number of nitrogens with one attached hydrogen (secondary N) is 2. The van der Waals surface area contributed by atoms with Crippen molar-refractivity contribution in [2.45, 2.75) is 10.8 Å². The number of carbonyl (C=O) groups is 2. The Morgan fingerprint density at radius 1 is 1.35 bits per heavy atom. The predicted octanol–water partition coefficient (Wildman–Crippen LogP) is 1.55. The first-order chi connectivity index (χ1) is 9.31. The molecule has 0 heterocycles. The quantitative estimate of drug-likeness (QED) is 0.501. The third-order valence-electron chi connectivity index (χ3n) is 2.76. The molecule has 0 aliphatic heterocycles. The zero-order valence-corrected chi connectivity index (χ0v) is 11.4. The van der Waals surface area contributed by atoms with Gasteiger partial charge in [-0.1, -0.05) is 6.07 Å². The number of non-ortho nitro benzene ring substituents is 1. The molecule has 0 spiro atoms. The van der Waals surface area contributed by atoms with E-state index in [1.807, 2.05) is 0 Å². The summed E-state index contributed by atoms with van der Waals surface area (Å²) in [6.45, 7) is 0. The lowest BCUT2D eigenvalue weighted by Gasteiger charge is -2.07. The molecular weight excluding hydrogens is 309 g/mol. The van der Waals surface area contributed by atoms with E-state index in [0.29, 0.717) is 6.42 Å². The molecule has 20 heavy (non-hydrogen) atoms. The van der Waals surface area contributed by atoms with Crippen LogP contribution in [0.1, 0.15) is 16.8 Å². The minimum atomic E-state index is -1.08. The number of benzene rings is 1. The van der Waals surface area contributed by atoms with Crippen molar-refractivity contribution in [2.24, 2.45) is 5.92 Å². The van der Waals surface area contributed by atoms with Crippen LogP contribution in [0.2, 0.25) is 0 Å². The monoisotopic (exact) mass is 317 g/mol. The van der Waals surface area contributed by atoms with Crippen LogP contribution < -0.4 is 10.9 Å². The maximum absolute atomic E-state index is 11.7. The Labute approximate surface area is 123 Å². The molecule has 1 unspecified atom stereocenters. The first-order valence-electron chi connectivity index (χ1n) is 5.54. The number of halogens is 2. The van der Waals surface area contributed by atoms with Crippen molar-refractivity contribution in [3.8, 4) is 0 Å². The molecule has 1 aromatic rings. The lowest BCUT2D eigenvalue weighted by molar-refractivity contribution is -0.384. The number of nitro groups is 1. The van der Waals surface area contributed by atoms with Crippen LogP contribution in [-0.4, -0.2) is 21.1 Å². The minimum Gasteiger partial charge on any atom is -0.273 e. The van der Waals surface area contributed by atoms with E-state index in [-0.39, 0.29) is 11.3 Å². The number of alkyl halides is 2. The van der Waals surface area contributed by atoms with Gasteiger partial charge in [0.2, 0.25) is 5.91 Å². The average molecular weight is 318 g/mol. The number of hydrogen-bond donors (Lipinski definition) is 2. The van der Waals surface area contributed by atoms with Crippen molar-refractivity contribution in [2.75, 3.05) is 0 Å². The van der Waals surface area contributed by atoms with Gasteiger partial charge >= 0.3 is 0 Å². The van der Waals surface area contributed by atoms with E-state index >= 15 is 0 Å². The highest BCUT2D eigenvalue weighted by molar-refractivity contribution is 6.52. The molecular formula is C11H9Cl2N3O4. The zero-order chi connectivity index (χ0) is 14.9. The van der Waals surface area contributed by atoms with Gasteiger partial charge in [-0.2, -0.15) is 0 Å². The first-order valence-corrected chi connectivity index (χ1v) is 6.29. The second-order valence-electron chi connectivity index (χ2n) is 4.27. The largest absolute Gasteiger partial charge is 0.273 e. The number of hydrazine groups is 1. The summed E-state index contributed by atoms with van der Waals surface area (Å²) < 4.78 is -1.08. The lowest BCUT2D eigenvalue weighted by atomic mass is 10.2. The number of carbonyl (C=O) groups excluding carboxylic acids is 2. The fourth-order valence-electron chi connectivity index (χ4n) is 1.54. The Morgan fingerprint density at radius 3 is 2.55 bits per heavy atom. The van der Waals surface area contributed by atoms with Crippen LogP contribution in [0.25, 0.3) is 0 Å². The highest BCUT2D eigenvalue weighted by Gasteiger charge is 2.56. The van der Waals surface area contributed by atoms with Crippen LogP contribution >= 0.6 is 23.2 Å². The summed E-state index contributed by atoms with van der Waals surface area (Å²) in [6.07, 6.45) is 0.314. The molecule has 1 aliphatic rings. The van der Waals surface area contributed by atoms with Gasteiger partial charge < -0.3 is 0 Å².